The van der Waals surface area contributed by atoms with E-state index in [0.29, 0.717) is 11.4 Å². The molecular weight excluding hydrogens is 412 g/mol. The van der Waals surface area contributed by atoms with Gasteiger partial charge in [0.2, 0.25) is 5.91 Å². The molecule has 0 atom stereocenters. The number of ether oxygens (including phenoxy) is 1. The van der Waals surface area contributed by atoms with Gasteiger partial charge in [0.15, 0.2) is 0 Å². The van der Waals surface area contributed by atoms with Crippen LogP contribution in [0.3, 0.4) is 0 Å². The molecule has 1 amide bonds. The first kappa shape index (κ1) is 22.4. The average molecular weight is 439 g/mol. The number of nitrogens with one attached hydrogen (secondary N) is 1. The second kappa shape index (κ2) is 9.22. The van der Waals surface area contributed by atoms with Crippen molar-refractivity contribution in [1.29, 1.82) is 0 Å². The molecule has 0 aliphatic rings. The molecule has 31 heavy (non-hydrogen) atoms. The summed E-state index contributed by atoms with van der Waals surface area (Å²) in [6, 6.07) is 19.2. The van der Waals surface area contributed by atoms with Crippen molar-refractivity contribution in [1.82, 2.24) is 0 Å². The molecule has 0 aliphatic heterocycles. The number of carbonyl (C=O) groups excluding carboxylic acids is 1. The van der Waals surface area contributed by atoms with Crippen LogP contribution in [0.4, 0.5) is 11.4 Å². The van der Waals surface area contributed by atoms with E-state index >= 15 is 0 Å². The van der Waals surface area contributed by atoms with Gasteiger partial charge in [-0.25, -0.2) is 8.42 Å². The summed E-state index contributed by atoms with van der Waals surface area (Å²) in [5, 5.41) is 2.82. The SMILES string of the molecule is COc1ccc(C)cc1S(=O)(=O)N(CC(=O)Nc1ccc(C)cc1C)c1ccccc1. The standard InChI is InChI=1S/C24H26N2O4S/c1-17-10-12-21(19(3)14-17)25-24(27)16-26(20-8-6-5-7-9-20)31(28,29)23-15-18(2)11-13-22(23)30-4/h5-15H,16H2,1-4H3,(H,25,27). The number of rotatable bonds is 7. The highest BCUT2D eigenvalue weighted by Crippen LogP contribution is 2.31. The zero-order chi connectivity index (χ0) is 22.6. The maximum Gasteiger partial charge on any atom is 0.268 e. The van der Waals surface area contributed by atoms with Crippen LogP contribution in [0.15, 0.2) is 71.6 Å². The summed E-state index contributed by atoms with van der Waals surface area (Å²) in [6.45, 7) is 5.29. The van der Waals surface area contributed by atoms with Crippen LogP contribution in [-0.4, -0.2) is 28.0 Å². The molecule has 0 aromatic heterocycles. The number of nitrogens with zero attached hydrogens (tertiary/aromatic N) is 1. The van der Waals surface area contributed by atoms with E-state index in [1.165, 1.54) is 7.11 Å². The highest BCUT2D eigenvalue weighted by atomic mass is 32.2. The Morgan fingerprint density at radius 1 is 0.935 bits per heavy atom. The summed E-state index contributed by atoms with van der Waals surface area (Å²) in [5.41, 5.74) is 3.79. The highest BCUT2D eigenvalue weighted by molar-refractivity contribution is 7.93. The molecule has 0 saturated heterocycles. The first-order valence-corrected chi connectivity index (χ1v) is 11.3. The Morgan fingerprint density at radius 2 is 1.58 bits per heavy atom. The minimum atomic E-state index is -4.08. The van der Waals surface area contributed by atoms with Crippen molar-refractivity contribution in [3.63, 3.8) is 0 Å². The van der Waals surface area contributed by atoms with E-state index in [-0.39, 0.29) is 17.2 Å². The second-order valence-corrected chi connectivity index (χ2v) is 9.20. The molecule has 0 fully saturated rings. The lowest BCUT2D eigenvalue weighted by atomic mass is 10.1. The molecule has 0 radical (unpaired) electrons. The fraction of sp³-hybridized carbons (Fsp3) is 0.208. The van der Waals surface area contributed by atoms with Crippen LogP contribution in [0.5, 0.6) is 5.75 Å². The molecule has 3 aromatic carbocycles. The van der Waals surface area contributed by atoms with Gasteiger partial charge in [0.1, 0.15) is 17.2 Å². The molecule has 0 aliphatic carbocycles. The van der Waals surface area contributed by atoms with Crippen molar-refractivity contribution in [3.05, 3.63) is 83.4 Å². The Morgan fingerprint density at radius 3 is 2.23 bits per heavy atom. The van der Waals surface area contributed by atoms with Gasteiger partial charge in [-0.15, -0.1) is 0 Å². The molecule has 0 heterocycles. The molecule has 0 bridgehead atoms. The van der Waals surface area contributed by atoms with Gasteiger partial charge in [-0.05, 0) is 62.2 Å². The van der Waals surface area contributed by atoms with E-state index in [4.69, 9.17) is 4.74 Å². The van der Waals surface area contributed by atoms with Gasteiger partial charge >= 0.3 is 0 Å². The Balaban J connectivity index is 1.99. The molecule has 0 unspecified atom stereocenters. The molecule has 162 valence electrons. The Hall–Kier alpha value is -3.32. The first-order chi connectivity index (χ1) is 14.7. The van der Waals surface area contributed by atoms with Gasteiger partial charge in [-0.3, -0.25) is 9.10 Å². The van der Waals surface area contributed by atoms with Gasteiger partial charge in [0.25, 0.3) is 10.0 Å². The summed E-state index contributed by atoms with van der Waals surface area (Å²) >= 11 is 0. The number of amides is 1. The smallest absolute Gasteiger partial charge is 0.268 e. The fourth-order valence-corrected chi connectivity index (χ4v) is 4.95. The number of aryl methyl sites for hydroxylation is 3. The van der Waals surface area contributed by atoms with Crippen molar-refractivity contribution >= 4 is 27.3 Å². The van der Waals surface area contributed by atoms with E-state index in [2.05, 4.69) is 5.32 Å². The molecule has 3 rings (SSSR count). The van der Waals surface area contributed by atoms with E-state index < -0.39 is 15.9 Å². The third-order valence-electron chi connectivity index (χ3n) is 4.87. The lowest BCUT2D eigenvalue weighted by Gasteiger charge is -2.25. The predicted molar refractivity (Wildman–Crippen MR) is 123 cm³/mol. The van der Waals surface area contributed by atoms with Gasteiger partial charge in [0.05, 0.1) is 12.8 Å². The molecule has 0 spiro atoms. The van der Waals surface area contributed by atoms with Crippen molar-refractivity contribution in [2.24, 2.45) is 0 Å². The fourth-order valence-electron chi connectivity index (χ4n) is 3.29. The van der Waals surface area contributed by atoms with Gasteiger partial charge in [0, 0.05) is 5.69 Å². The molecule has 7 heteroatoms. The predicted octanol–water partition coefficient (Wildman–Crippen LogP) is 4.45. The Kier molecular flexibility index (Phi) is 6.65. The number of methoxy groups -OCH3 is 1. The van der Waals surface area contributed by atoms with Crippen LogP contribution in [0.1, 0.15) is 16.7 Å². The maximum atomic E-state index is 13.6. The number of anilines is 2. The number of para-hydroxylation sites is 1. The van der Waals surface area contributed by atoms with Crippen molar-refractivity contribution in [2.45, 2.75) is 25.7 Å². The van der Waals surface area contributed by atoms with Crippen LogP contribution in [0.25, 0.3) is 0 Å². The molecule has 1 N–H and O–H groups in total. The van der Waals surface area contributed by atoms with E-state index in [1.807, 2.05) is 32.0 Å². The molecule has 0 saturated carbocycles. The van der Waals surface area contributed by atoms with Crippen LogP contribution in [0, 0.1) is 20.8 Å². The number of benzene rings is 3. The third-order valence-corrected chi connectivity index (χ3v) is 6.67. The van der Waals surface area contributed by atoms with Gasteiger partial charge < -0.3 is 10.1 Å². The highest BCUT2D eigenvalue weighted by Gasteiger charge is 2.30. The van der Waals surface area contributed by atoms with Crippen LogP contribution < -0.4 is 14.4 Å². The van der Waals surface area contributed by atoms with Crippen LogP contribution in [0.2, 0.25) is 0 Å². The maximum absolute atomic E-state index is 13.6. The molecule has 6 nitrogen and oxygen atoms in total. The topological polar surface area (TPSA) is 75.7 Å². The molecular formula is C24H26N2O4S. The summed E-state index contributed by atoms with van der Waals surface area (Å²) < 4.78 is 33.7. The van der Waals surface area contributed by atoms with Crippen molar-refractivity contribution in [2.75, 3.05) is 23.3 Å². The first-order valence-electron chi connectivity index (χ1n) is 9.82. The summed E-state index contributed by atoms with van der Waals surface area (Å²) in [6.07, 6.45) is 0. The monoisotopic (exact) mass is 438 g/mol. The zero-order valence-corrected chi connectivity index (χ0v) is 18.9. The van der Waals surface area contributed by atoms with E-state index in [1.54, 1.807) is 55.5 Å². The normalized spacial score (nSPS) is 11.1. The summed E-state index contributed by atoms with van der Waals surface area (Å²) in [4.78, 5) is 12.9. The minimum Gasteiger partial charge on any atom is -0.495 e. The largest absolute Gasteiger partial charge is 0.495 e. The van der Waals surface area contributed by atoms with E-state index in [9.17, 15) is 13.2 Å². The van der Waals surface area contributed by atoms with Gasteiger partial charge in [-0.1, -0.05) is 42.0 Å². The summed E-state index contributed by atoms with van der Waals surface area (Å²) in [5.74, 6) is -0.215. The van der Waals surface area contributed by atoms with Gasteiger partial charge in [-0.2, -0.15) is 0 Å². The zero-order valence-electron chi connectivity index (χ0n) is 18.0. The van der Waals surface area contributed by atoms with Crippen LogP contribution in [-0.2, 0) is 14.8 Å². The quantitative estimate of drug-likeness (QED) is 0.591. The number of hydrogen-bond acceptors (Lipinski definition) is 4. The van der Waals surface area contributed by atoms with Crippen molar-refractivity contribution in [3.8, 4) is 5.75 Å². The number of hydrogen-bond donors (Lipinski definition) is 1. The number of sulfonamides is 1. The molecule has 3 aromatic rings. The third kappa shape index (κ3) is 5.06. The average Bonchev–Trinajstić information content (AvgIpc) is 2.74. The lowest BCUT2D eigenvalue weighted by molar-refractivity contribution is -0.114. The minimum absolute atomic E-state index is 0.0122. The van der Waals surface area contributed by atoms with E-state index in [0.717, 1.165) is 21.0 Å². The Labute approximate surface area is 183 Å². The lowest BCUT2D eigenvalue weighted by Crippen LogP contribution is -2.38. The summed E-state index contributed by atoms with van der Waals surface area (Å²) in [7, 11) is -2.66. The van der Waals surface area contributed by atoms with Crippen LogP contribution >= 0.6 is 0 Å². The number of carbonyl (C=O) groups is 1. The van der Waals surface area contributed by atoms with Crippen molar-refractivity contribution < 1.29 is 17.9 Å². The second-order valence-electron chi connectivity index (χ2n) is 7.37. The Bertz CT molecular complexity index is 1190.